The summed E-state index contributed by atoms with van der Waals surface area (Å²) in [5, 5.41) is 8.68. The van der Waals surface area contributed by atoms with Crippen LogP contribution in [0.1, 0.15) is 18.9 Å². The van der Waals surface area contributed by atoms with Crippen LogP contribution in [0.15, 0.2) is 0 Å². The van der Waals surface area contributed by atoms with E-state index in [9.17, 15) is 0 Å². The standard InChI is InChI=1S/C9H17ClN4S/c1-9(2,5-11)6-14(3)4-7-12-13-8(10)15-7/h4-6,11H2,1-3H3. The van der Waals surface area contributed by atoms with Crippen LogP contribution in [0.25, 0.3) is 0 Å². The second kappa shape index (κ2) is 5.21. The summed E-state index contributed by atoms with van der Waals surface area (Å²) in [5.74, 6) is 0. The van der Waals surface area contributed by atoms with Crippen LogP contribution >= 0.6 is 22.9 Å². The van der Waals surface area contributed by atoms with Gasteiger partial charge >= 0.3 is 0 Å². The first-order chi connectivity index (χ1) is 6.93. The third kappa shape index (κ3) is 4.42. The topological polar surface area (TPSA) is 55.0 Å². The van der Waals surface area contributed by atoms with Crippen molar-refractivity contribution in [2.75, 3.05) is 20.1 Å². The minimum atomic E-state index is 0.128. The summed E-state index contributed by atoms with van der Waals surface area (Å²) in [6.07, 6.45) is 0. The lowest BCUT2D eigenvalue weighted by atomic mass is 9.93. The van der Waals surface area contributed by atoms with E-state index in [2.05, 4.69) is 28.9 Å². The van der Waals surface area contributed by atoms with Crippen molar-refractivity contribution in [1.82, 2.24) is 15.1 Å². The predicted molar refractivity (Wildman–Crippen MR) is 64.1 cm³/mol. The van der Waals surface area contributed by atoms with E-state index in [1.54, 1.807) is 0 Å². The van der Waals surface area contributed by atoms with Crippen LogP contribution in [-0.2, 0) is 6.54 Å². The zero-order valence-corrected chi connectivity index (χ0v) is 10.9. The Labute approximate surface area is 99.4 Å². The van der Waals surface area contributed by atoms with Crippen LogP contribution < -0.4 is 5.73 Å². The minimum Gasteiger partial charge on any atom is -0.330 e. The number of hydrogen-bond donors (Lipinski definition) is 1. The van der Waals surface area contributed by atoms with Gasteiger partial charge in [-0.25, -0.2) is 0 Å². The number of halogens is 1. The van der Waals surface area contributed by atoms with Crippen LogP contribution in [0, 0.1) is 5.41 Å². The van der Waals surface area contributed by atoms with E-state index in [1.165, 1.54) is 11.3 Å². The van der Waals surface area contributed by atoms with Gasteiger partial charge in [0, 0.05) is 6.54 Å². The number of rotatable bonds is 5. The van der Waals surface area contributed by atoms with Crippen molar-refractivity contribution in [1.29, 1.82) is 0 Å². The minimum absolute atomic E-state index is 0.128. The molecular formula is C9H17ClN4S. The molecule has 1 rings (SSSR count). The highest BCUT2D eigenvalue weighted by atomic mass is 35.5. The Morgan fingerprint density at radius 2 is 2.13 bits per heavy atom. The van der Waals surface area contributed by atoms with Gasteiger partial charge in [0.15, 0.2) is 0 Å². The first-order valence-electron chi connectivity index (χ1n) is 4.79. The van der Waals surface area contributed by atoms with Gasteiger partial charge < -0.3 is 5.73 Å². The second-order valence-corrected chi connectivity index (χ2v) is 6.13. The molecule has 6 heteroatoms. The molecule has 0 radical (unpaired) electrons. The van der Waals surface area contributed by atoms with E-state index in [0.29, 0.717) is 11.0 Å². The molecular weight excluding hydrogens is 232 g/mol. The smallest absolute Gasteiger partial charge is 0.207 e. The third-order valence-corrected chi connectivity index (χ3v) is 3.10. The van der Waals surface area contributed by atoms with E-state index in [4.69, 9.17) is 17.3 Å². The van der Waals surface area contributed by atoms with Crippen LogP contribution in [0.2, 0.25) is 4.47 Å². The summed E-state index contributed by atoms with van der Waals surface area (Å²) >= 11 is 7.13. The molecule has 0 spiro atoms. The summed E-state index contributed by atoms with van der Waals surface area (Å²) in [5.41, 5.74) is 5.81. The summed E-state index contributed by atoms with van der Waals surface area (Å²) in [6, 6.07) is 0. The molecule has 0 aliphatic rings. The van der Waals surface area contributed by atoms with Gasteiger partial charge in [-0.3, -0.25) is 4.90 Å². The SMILES string of the molecule is CN(Cc1nnc(Cl)s1)CC(C)(C)CN. The molecule has 0 unspecified atom stereocenters. The van der Waals surface area contributed by atoms with Crippen molar-refractivity contribution < 1.29 is 0 Å². The average molecular weight is 249 g/mol. The molecule has 1 aromatic heterocycles. The van der Waals surface area contributed by atoms with Gasteiger partial charge in [-0.15, -0.1) is 10.2 Å². The molecule has 0 atom stereocenters. The molecule has 86 valence electrons. The van der Waals surface area contributed by atoms with E-state index >= 15 is 0 Å². The van der Waals surface area contributed by atoms with Gasteiger partial charge in [-0.05, 0) is 30.6 Å². The Balaban J connectivity index is 2.46. The molecule has 1 aromatic rings. The lowest BCUT2D eigenvalue weighted by Gasteiger charge is -2.28. The highest BCUT2D eigenvalue weighted by molar-refractivity contribution is 7.15. The van der Waals surface area contributed by atoms with Crippen LogP contribution in [-0.4, -0.2) is 35.2 Å². The maximum atomic E-state index is 5.71. The van der Waals surface area contributed by atoms with E-state index in [0.717, 1.165) is 18.1 Å². The number of nitrogens with two attached hydrogens (primary N) is 1. The second-order valence-electron chi connectivity index (χ2n) is 4.49. The van der Waals surface area contributed by atoms with E-state index in [1.807, 2.05) is 7.05 Å². The number of hydrogen-bond acceptors (Lipinski definition) is 5. The largest absolute Gasteiger partial charge is 0.330 e. The van der Waals surface area contributed by atoms with Crippen molar-refractivity contribution in [2.45, 2.75) is 20.4 Å². The molecule has 15 heavy (non-hydrogen) atoms. The number of nitrogens with zero attached hydrogens (tertiary/aromatic N) is 3. The van der Waals surface area contributed by atoms with Crippen LogP contribution in [0.5, 0.6) is 0 Å². The lowest BCUT2D eigenvalue weighted by Crippen LogP contribution is -2.36. The highest BCUT2D eigenvalue weighted by Gasteiger charge is 2.18. The van der Waals surface area contributed by atoms with Gasteiger partial charge in [0.25, 0.3) is 0 Å². The average Bonchev–Trinajstić information content (AvgIpc) is 2.50. The Kier molecular flexibility index (Phi) is 4.45. The van der Waals surface area contributed by atoms with E-state index in [-0.39, 0.29) is 5.41 Å². The summed E-state index contributed by atoms with van der Waals surface area (Å²) in [4.78, 5) is 2.18. The number of aromatic nitrogens is 2. The lowest BCUT2D eigenvalue weighted by molar-refractivity contribution is 0.209. The van der Waals surface area contributed by atoms with Crippen LogP contribution in [0.4, 0.5) is 0 Å². The summed E-state index contributed by atoms with van der Waals surface area (Å²) in [7, 11) is 2.05. The van der Waals surface area contributed by atoms with Crippen molar-refractivity contribution in [3.8, 4) is 0 Å². The Morgan fingerprint density at radius 1 is 1.47 bits per heavy atom. The molecule has 0 aromatic carbocycles. The first-order valence-corrected chi connectivity index (χ1v) is 5.99. The Hall–Kier alpha value is -0.230. The van der Waals surface area contributed by atoms with Gasteiger partial charge in [-0.1, -0.05) is 25.2 Å². The van der Waals surface area contributed by atoms with Crippen molar-refractivity contribution in [3.63, 3.8) is 0 Å². The molecule has 0 aliphatic heterocycles. The Bertz CT molecular complexity index is 313. The third-order valence-electron chi connectivity index (χ3n) is 2.10. The van der Waals surface area contributed by atoms with Gasteiger partial charge in [0.2, 0.25) is 4.47 Å². The van der Waals surface area contributed by atoms with Crippen molar-refractivity contribution >= 4 is 22.9 Å². The fourth-order valence-electron chi connectivity index (χ4n) is 1.38. The van der Waals surface area contributed by atoms with Crippen molar-refractivity contribution in [2.24, 2.45) is 11.1 Å². The summed E-state index contributed by atoms with van der Waals surface area (Å²) in [6.45, 7) is 6.68. The highest BCUT2D eigenvalue weighted by Crippen LogP contribution is 2.19. The van der Waals surface area contributed by atoms with Gasteiger partial charge in [0.05, 0.1) is 6.54 Å². The molecule has 1 heterocycles. The maximum Gasteiger partial charge on any atom is 0.207 e. The first kappa shape index (κ1) is 12.8. The molecule has 0 aliphatic carbocycles. The fourth-order valence-corrected chi connectivity index (χ4v) is 2.33. The monoisotopic (exact) mass is 248 g/mol. The summed E-state index contributed by atoms with van der Waals surface area (Å²) < 4.78 is 0.497. The molecule has 4 nitrogen and oxygen atoms in total. The van der Waals surface area contributed by atoms with Gasteiger partial charge in [0.1, 0.15) is 5.01 Å². The molecule has 2 N–H and O–H groups in total. The Morgan fingerprint density at radius 3 is 2.60 bits per heavy atom. The molecule has 0 bridgehead atoms. The maximum absolute atomic E-state index is 5.71. The molecule has 0 amide bonds. The van der Waals surface area contributed by atoms with Gasteiger partial charge in [-0.2, -0.15) is 0 Å². The zero-order valence-electron chi connectivity index (χ0n) is 9.33. The van der Waals surface area contributed by atoms with E-state index < -0.39 is 0 Å². The quantitative estimate of drug-likeness (QED) is 0.860. The molecule has 0 fully saturated rings. The van der Waals surface area contributed by atoms with Crippen molar-refractivity contribution in [3.05, 3.63) is 9.47 Å². The zero-order chi connectivity index (χ0) is 11.5. The normalized spacial score (nSPS) is 12.4. The predicted octanol–water partition coefficient (Wildman–Crippen LogP) is 1.61. The molecule has 0 saturated carbocycles. The fraction of sp³-hybridized carbons (Fsp3) is 0.778. The van der Waals surface area contributed by atoms with Crippen LogP contribution in [0.3, 0.4) is 0 Å². The molecule has 0 saturated heterocycles.